The molecule has 3 heterocycles. The number of ether oxygens (including phenoxy) is 1. The second-order valence-corrected chi connectivity index (χ2v) is 5.72. The lowest BCUT2D eigenvalue weighted by Crippen LogP contribution is -2.18. The highest BCUT2D eigenvalue weighted by Crippen LogP contribution is 2.18. The minimum absolute atomic E-state index is 0.124. The fraction of sp³-hybridized carbons (Fsp3) is 0.312. The van der Waals surface area contributed by atoms with E-state index in [2.05, 4.69) is 19.9 Å². The molecule has 10 nitrogen and oxygen atoms in total. The molecule has 136 valence electrons. The monoisotopic (exact) mass is 357 g/mol. The summed E-state index contributed by atoms with van der Waals surface area (Å²) in [6.07, 6.45) is 3.31. The van der Waals surface area contributed by atoms with Crippen LogP contribution in [0, 0.1) is 0 Å². The van der Waals surface area contributed by atoms with Gasteiger partial charge in [-0.1, -0.05) is 19.4 Å². The number of hydrogen-bond donors (Lipinski definition) is 3. The Balaban J connectivity index is 1.95. The number of fused-ring (bicyclic) bond motifs is 1. The van der Waals surface area contributed by atoms with Gasteiger partial charge in [-0.3, -0.25) is 14.3 Å². The first-order valence-electron chi connectivity index (χ1n) is 8.13. The van der Waals surface area contributed by atoms with Crippen LogP contribution in [0.25, 0.3) is 11.2 Å². The fourth-order valence-corrected chi connectivity index (χ4v) is 2.40. The lowest BCUT2D eigenvalue weighted by atomic mass is 10.2. The third-order valence-electron chi connectivity index (χ3n) is 3.78. The summed E-state index contributed by atoms with van der Waals surface area (Å²) >= 11 is 0. The summed E-state index contributed by atoms with van der Waals surface area (Å²) < 4.78 is 6.90. The minimum atomic E-state index is -0.616. The molecule has 0 saturated heterocycles. The molecule has 0 aliphatic rings. The van der Waals surface area contributed by atoms with Crippen molar-refractivity contribution in [2.45, 2.75) is 26.3 Å². The van der Waals surface area contributed by atoms with Crippen LogP contribution >= 0.6 is 0 Å². The number of H-pyrrole nitrogens is 1. The summed E-state index contributed by atoms with van der Waals surface area (Å²) in [5.74, 6) is -0.477. The number of aromatic nitrogens is 5. The Morgan fingerprint density at radius 3 is 2.81 bits per heavy atom. The van der Waals surface area contributed by atoms with Crippen molar-refractivity contribution in [2.75, 3.05) is 12.3 Å². The second kappa shape index (κ2) is 7.21. The van der Waals surface area contributed by atoms with Crippen LogP contribution < -0.4 is 21.9 Å². The molecule has 10 heteroatoms. The topological polar surface area (TPSA) is 155 Å². The lowest BCUT2D eigenvalue weighted by molar-refractivity contribution is 0.0995. The average Bonchev–Trinajstić information content (AvgIpc) is 2.92. The van der Waals surface area contributed by atoms with Crippen LogP contribution in [-0.4, -0.2) is 37.0 Å². The Bertz CT molecular complexity index is 991. The van der Waals surface area contributed by atoms with E-state index < -0.39 is 5.91 Å². The molecule has 0 unspecified atom stereocenters. The first-order valence-corrected chi connectivity index (χ1v) is 8.13. The van der Waals surface area contributed by atoms with Crippen molar-refractivity contribution in [3.05, 3.63) is 40.1 Å². The fourth-order valence-electron chi connectivity index (χ4n) is 2.40. The van der Waals surface area contributed by atoms with E-state index in [-0.39, 0.29) is 29.8 Å². The van der Waals surface area contributed by atoms with Gasteiger partial charge >= 0.3 is 11.7 Å². The smallest absolute Gasteiger partial charge is 0.328 e. The standard InChI is InChI=1S/C16H19N7O3/c1-2-3-6-26-15-21-12(17)11-14(22-15)23(16(25)20-11)8-9-4-5-10(13(18)24)19-7-9/h4-5,7H,2-3,6,8H2,1H3,(H2,18,24)(H,20,25)(H2,17,21,22). The summed E-state index contributed by atoms with van der Waals surface area (Å²) in [6, 6.07) is 3.29. The number of nitrogens with one attached hydrogen (secondary N) is 1. The number of anilines is 1. The zero-order valence-electron chi connectivity index (χ0n) is 14.2. The Kier molecular flexibility index (Phi) is 4.83. The summed E-state index contributed by atoms with van der Waals surface area (Å²) in [7, 11) is 0. The highest BCUT2D eigenvalue weighted by molar-refractivity contribution is 5.90. The number of nitrogens with two attached hydrogens (primary N) is 2. The molecule has 0 radical (unpaired) electrons. The molecule has 0 saturated carbocycles. The lowest BCUT2D eigenvalue weighted by Gasteiger charge is -2.07. The maximum Gasteiger partial charge on any atom is 0.328 e. The molecule has 3 rings (SSSR count). The molecular weight excluding hydrogens is 338 g/mol. The first-order chi connectivity index (χ1) is 12.5. The number of aromatic amines is 1. The van der Waals surface area contributed by atoms with Crippen LogP contribution in [0.2, 0.25) is 0 Å². The van der Waals surface area contributed by atoms with Crippen LogP contribution in [0.5, 0.6) is 6.01 Å². The molecular formula is C16H19N7O3. The Morgan fingerprint density at radius 2 is 2.15 bits per heavy atom. The first kappa shape index (κ1) is 17.4. The second-order valence-electron chi connectivity index (χ2n) is 5.72. The number of primary amides is 1. The molecule has 26 heavy (non-hydrogen) atoms. The van der Waals surface area contributed by atoms with Gasteiger partial charge in [0.05, 0.1) is 13.2 Å². The number of pyridine rings is 1. The van der Waals surface area contributed by atoms with Crippen LogP contribution in [0.3, 0.4) is 0 Å². The number of imidazole rings is 1. The molecule has 3 aromatic heterocycles. The number of carbonyl (C=O) groups is 1. The summed E-state index contributed by atoms with van der Waals surface area (Å²) in [4.78, 5) is 38.4. The molecule has 0 aromatic carbocycles. The van der Waals surface area contributed by atoms with Gasteiger partial charge in [-0.05, 0) is 18.1 Å². The third-order valence-corrected chi connectivity index (χ3v) is 3.78. The zero-order chi connectivity index (χ0) is 18.7. The Labute approximate surface area is 148 Å². The van der Waals surface area contributed by atoms with Gasteiger partial charge in [0, 0.05) is 6.20 Å². The van der Waals surface area contributed by atoms with Crippen LogP contribution in [-0.2, 0) is 6.54 Å². The van der Waals surface area contributed by atoms with Gasteiger partial charge in [-0.15, -0.1) is 0 Å². The number of nitrogens with zero attached hydrogens (tertiary/aromatic N) is 4. The van der Waals surface area contributed by atoms with Gasteiger partial charge in [0.2, 0.25) is 0 Å². The van der Waals surface area contributed by atoms with Gasteiger partial charge in [-0.2, -0.15) is 9.97 Å². The van der Waals surface area contributed by atoms with Gasteiger partial charge < -0.3 is 21.2 Å². The SMILES string of the molecule is CCCCOc1nc(N)c2[nH]c(=O)n(Cc3ccc(C(N)=O)nc3)c2n1. The van der Waals surface area contributed by atoms with Crippen molar-refractivity contribution in [3.8, 4) is 6.01 Å². The van der Waals surface area contributed by atoms with E-state index in [0.717, 1.165) is 12.8 Å². The van der Waals surface area contributed by atoms with E-state index in [4.69, 9.17) is 16.2 Å². The maximum absolute atomic E-state index is 12.3. The zero-order valence-corrected chi connectivity index (χ0v) is 14.2. The third kappa shape index (κ3) is 3.48. The predicted octanol–water partition coefficient (Wildman–Crippen LogP) is 0.423. The number of carbonyl (C=O) groups excluding carboxylic acids is 1. The number of rotatable bonds is 7. The maximum atomic E-state index is 12.3. The molecule has 0 spiro atoms. The molecule has 1 amide bonds. The van der Waals surface area contributed by atoms with Gasteiger partial charge in [0.15, 0.2) is 11.5 Å². The Morgan fingerprint density at radius 1 is 1.35 bits per heavy atom. The van der Waals surface area contributed by atoms with Crippen molar-refractivity contribution >= 4 is 22.9 Å². The van der Waals surface area contributed by atoms with E-state index in [9.17, 15) is 9.59 Å². The van der Waals surface area contributed by atoms with Gasteiger partial charge in [0.1, 0.15) is 11.2 Å². The summed E-state index contributed by atoms with van der Waals surface area (Å²) in [6.45, 7) is 2.70. The van der Waals surface area contributed by atoms with Crippen molar-refractivity contribution in [3.63, 3.8) is 0 Å². The van der Waals surface area contributed by atoms with E-state index in [1.54, 1.807) is 6.07 Å². The highest BCUT2D eigenvalue weighted by Gasteiger charge is 2.15. The summed E-state index contributed by atoms with van der Waals surface area (Å²) in [5, 5.41) is 0. The molecule has 0 bridgehead atoms. The van der Waals surface area contributed by atoms with Crippen molar-refractivity contribution in [1.29, 1.82) is 0 Å². The van der Waals surface area contributed by atoms with Crippen molar-refractivity contribution in [1.82, 2.24) is 24.5 Å². The van der Waals surface area contributed by atoms with E-state index in [1.807, 2.05) is 6.92 Å². The number of nitrogen functional groups attached to an aromatic ring is 1. The van der Waals surface area contributed by atoms with Crippen LogP contribution in [0.1, 0.15) is 35.8 Å². The normalized spacial score (nSPS) is 11.0. The van der Waals surface area contributed by atoms with Gasteiger partial charge in [0.25, 0.3) is 5.91 Å². The van der Waals surface area contributed by atoms with Crippen LogP contribution in [0.4, 0.5) is 5.82 Å². The largest absolute Gasteiger partial charge is 0.463 e. The van der Waals surface area contributed by atoms with E-state index in [0.29, 0.717) is 23.3 Å². The quantitative estimate of drug-likeness (QED) is 0.518. The molecule has 0 aliphatic heterocycles. The molecule has 5 N–H and O–H groups in total. The number of unbranched alkanes of at least 4 members (excludes halogenated alkanes) is 1. The molecule has 3 aromatic rings. The number of hydrogen-bond acceptors (Lipinski definition) is 7. The highest BCUT2D eigenvalue weighted by atomic mass is 16.5. The number of amides is 1. The van der Waals surface area contributed by atoms with Crippen molar-refractivity contribution < 1.29 is 9.53 Å². The predicted molar refractivity (Wildman–Crippen MR) is 94.8 cm³/mol. The van der Waals surface area contributed by atoms with Gasteiger partial charge in [-0.25, -0.2) is 4.79 Å². The average molecular weight is 357 g/mol. The molecule has 0 aliphatic carbocycles. The van der Waals surface area contributed by atoms with E-state index in [1.165, 1.54) is 16.8 Å². The molecule has 0 atom stereocenters. The van der Waals surface area contributed by atoms with E-state index >= 15 is 0 Å². The summed E-state index contributed by atoms with van der Waals surface area (Å²) in [5.41, 5.74) is 12.2. The Hall–Kier alpha value is -3.43. The molecule has 0 fully saturated rings. The van der Waals surface area contributed by atoms with Crippen LogP contribution in [0.15, 0.2) is 23.1 Å². The van der Waals surface area contributed by atoms with Crippen molar-refractivity contribution in [2.24, 2.45) is 5.73 Å². The minimum Gasteiger partial charge on any atom is -0.463 e.